The first-order valence-electron chi connectivity index (χ1n) is 14.8. The summed E-state index contributed by atoms with van der Waals surface area (Å²) in [6, 6.07) is 6.45. The Morgan fingerprint density at radius 2 is 1.62 bits per heavy atom. The topological polar surface area (TPSA) is 134 Å². The third-order valence-corrected chi connectivity index (χ3v) is 8.26. The Labute approximate surface area is 249 Å². The van der Waals surface area contributed by atoms with Gasteiger partial charge in [0.1, 0.15) is 17.7 Å². The Hall–Kier alpha value is -3.43. The van der Waals surface area contributed by atoms with Gasteiger partial charge in [0.25, 0.3) is 5.91 Å². The second kappa shape index (κ2) is 12.4. The summed E-state index contributed by atoms with van der Waals surface area (Å²) >= 11 is 0. The van der Waals surface area contributed by atoms with Gasteiger partial charge in [-0.15, -0.1) is 0 Å². The van der Waals surface area contributed by atoms with Crippen molar-refractivity contribution >= 4 is 29.6 Å². The summed E-state index contributed by atoms with van der Waals surface area (Å²) in [7, 11) is 0. The van der Waals surface area contributed by atoms with Crippen LogP contribution in [0.3, 0.4) is 0 Å². The van der Waals surface area contributed by atoms with Gasteiger partial charge in [0.15, 0.2) is 0 Å². The van der Waals surface area contributed by atoms with Gasteiger partial charge < -0.3 is 25.6 Å². The van der Waals surface area contributed by atoms with Gasteiger partial charge in [-0.2, -0.15) is 0 Å². The van der Waals surface area contributed by atoms with Crippen LogP contribution < -0.4 is 16.0 Å². The zero-order valence-corrected chi connectivity index (χ0v) is 26.5. The fourth-order valence-corrected chi connectivity index (χ4v) is 5.89. The second-order valence-electron chi connectivity index (χ2n) is 14.2. The van der Waals surface area contributed by atoms with Crippen LogP contribution in [0.1, 0.15) is 80.7 Å². The lowest BCUT2D eigenvalue weighted by Gasteiger charge is -2.38. The second-order valence-corrected chi connectivity index (χ2v) is 14.2. The molecule has 1 aliphatic carbocycles. The molecule has 1 saturated heterocycles. The van der Waals surface area contributed by atoms with Gasteiger partial charge in [-0.25, -0.2) is 4.79 Å². The molecule has 1 aliphatic heterocycles. The molecule has 10 nitrogen and oxygen atoms in total. The number of alkyl carbamates (subject to hydrolysis) is 1. The lowest BCUT2D eigenvalue weighted by molar-refractivity contribution is -0.145. The monoisotopic (exact) mass is 584 g/mol. The molecule has 2 fully saturated rings. The van der Waals surface area contributed by atoms with Crippen LogP contribution in [0.2, 0.25) is 0 Å². The number of hydrogen-bond acceptors (Lipinski definition) is 6. The molecule has 3 N–H and O–H groups in total. The van der Waals surface area contributed by atoms with Crippen LogP contribution in [0.15, 0.2) is 30.3 Å². The van der Waals surface area contributed by atoms with Crippen LogP contribution >= 0.6 is 0 Å². The number of carbonyl (C=O) groups excluding carboxylic acids is 5. The van der Waals surface area contributed by atoms with Crippen molar-refractivity contribution in [3.8, 4) is 0 Å². The number of nitrogens with one attached hydrogen (secondary N) is 3. The number of likely N-dealkylation sites (tertiary alicyclic amines) is 1. The number of ketones is 1. The number of Topliss-reactive ketones (excluding diaryl/α,β-unsaturated/α-hetero) is 1. The summed E-state index contributed by atoms with van der Waals surface area (Å²) in [5.74, 6) is -2.33. The number of ether oxygens (including phenoxy) is 1. The van der Waals surface area contributed by atoms with Crippen LogP contribution in [0.25, 0.3) is 0 Å². The van der Waals surface area contributed by atoms with Crippen molar-refractivity contribution in [3.05, 3.63) is 35.9 Å². The predicted octanol–water partition coefficient (Wildman–Crippen LogP) is 3.58. The smallest absolute Gasteiger partial charge is 0.408 e. The normalized spacial score (nSPS) is 22.3. The maximum Gasteiger partial charge on any atom is 0.408 e. The molecule has 232 valence electrons. The van der Waals surface area contributed by atoms with Crippen molar-refractivity contribution in [2.24, 2.45) is 22.7 Å². The van der Waals surface area contributed by atoms with Crippen LogP contribution in [-0.4, -0.2) is 64.8 Å². The number of amides is 4. The van der Waals surface area contributed by atoms with Gasteiger partial charge >= 0.3 is 6.09 Å². The third kappa shape index (κ3) is 7.69. The summed E-state index contributed by atoms with van der Waals surface area (Å²) in [4.78, 5) is 68.0. The SMILES string of the molecule is CCCC(NC(=O)[C@@H]1[C@@H]2[C@H](CN1C(=O)[C@@H](NC(=O)OC(C)(C)C)C(C)(C)C)C2(C)C)C(=O)C(=O)NCc1ccccc1. The van der Waals surface area contributed by atoms with E-state index in [1.807, 2.05) is 58.0 Å². The summed E-state index contributed by atoms with van der Waals surface area (Å²) in [6.45, 7) is 17.3. The zero-order chi connectivity index (χ0) is 31.6. The molecular formula is C32H48N4O6. The molecule has 0 spiro atoms. The molecule has 10 heteroatoms. The number of hydrogen-bond donors (Lipinski definition) is 3. The Morgan fingerprint density at radius 1 is 1.00 bits per heavy atom. The summed E-state index contributed by atoms with van der Waals surface area (Å²) in [5, 5.41) is 8.19. The van der Waals surface area contributed by atoms with Crippen LogP contribution in [-0.2, 0) is 30.5 Å². The molecule has 3 rings (SSSR count). The molecule has 0 radical (unpaired) electrons. The highest BCUT2D eigenvalue weighted by atomic mass is 16.6. The van der Waals surface area contributed by atoms with Crippen molar-refractivity contribution in [2.45, 2.75) is 105 Å². The molecule has 0 aromatic heterocycles. The Balaban J connectivity index is 1.78. The van der Waals surface area contributed by atoms with E-state index >= 15 is 0 Å². The van der Waals surface area contributed by atoms with Gasteiger partial charge in [0.05, 0.1) is 6.04 Å². The fraction of sp³-hybridized carbons (Fsp3) is 0.656. The number of piperidine rings is 1. The van der Waals surface area contributed by atoms with Crippen molar-refractivity contribution in [1.82, 2.24) is 20.9 Å². The van der Waals surface area contributed by atoms with Crippen molar-refractivity contribution in [3.63, 3.8) is 0 Å². The maximum absolute atomic E-state index is 14.0. The van der Waals surface area contributed by atoms with E-state index in [1.54, 1.807) is 20.8 Å². The molecule has 5 atom stereocenters. The molecule has 1 aromatic rings. The largest absolute Gasteiger partial charge is 0.444 e. The van der Waals surface area contributed by atoms with Crippen molar-refractivity contribution in [1.29, 1.82) is 0 Å². The average molecular weight is 585 g/mol. The van der Waals surface area contributed by atoms with Crippen molar-refractivity contribution in [2.75, 3.05) is 6.54 Å². The van der Waals surface area contributed by atoms with Crippen LogP contribution in [0, 0.1) is 22.7 Å². The number of benzene rings is 1. The molecule has 4 amide bonds. The number of fused-ring (bicyclic) bond motifs is 1. The summed E-state index contributed by atoms with van der Waals surface area (Å²) in [6.07, 6.45) is 0.141. The minimum atomic E-state index is -1.02. The van der Waals surface area contributed by atoms with Crippen LogP contribution in [0.5, 0.6) is 0 Å². The number of rotatable bonds is 10. The number of carbonyl (C=O) groups is 5. The van der Waals surface area contributed by atoms with E-state index < -0.39 is 52.8 Å². The fourth-order valence-electron chi connectivity index (χ4n) is 5.89. The predicted molar refractivity (Wildman–Crippen MR) is 159 cm³/mol. The first kappa shape index (κ1) is 33.1. The van der Waals surface area contributed by atoms with E-state index in [0.29, 0.717) is 13.0 Å². The average Bonchev–Trinajstić information content (AvgIpc) is 3.21. The highest BCUT2D eigenvalue weighted by molar-refractivity contribution is 6.38. The van der Waals surface area contributed by atoms with Gasteiger partial charge in [0, 0.05) is 13.1 Å². The van der Waals surface area contributed by atoms with E-state index in [-0.39, 0.29) is 36.1 Å². The van der Waals surface area contributed by atoms with Gasteiger partial charge in [-0.05, 0) is 55.4 Å². The standard InChI is InChI=1S/C32H48N4O6/c1-10-14-21(24(37)27(39)33-17-19-15-12-11-13-16-19)34-26(38)23-22-20(32(22,8)9)18-36(23)28(40)25(30(2,3)4)35-29(41)42-31(5,6)7/h11-13,15-16,20-23,25H,10,14,17-18H2,1-9H3,(H,33,39)(H,34,38)(H,35,41)/t20-,21?,22-,23-,25+/m0/s1. The first-order chi connectivity index (χ1) is 19.4. The quantitative estimate of drug-likeness (QED) is 0.360. The third-order valence-electron chi connectivity index (χ3n) is 8.26. The molecule has 0 bridgehead atoms. The van der Waals surface area contributed by atoms with E-state index in [4.69, 9.17) is 4.74 Å². The lowest BCUT2D eigenvalue weighted by atomic mass is 9.85. The summed E-state index contributed by atoms with van der Waals surface area (Å²) < 4.78 is 5.41. The molecule has 1 aromatic carbocycles. The maximum atomic E-state index is 14.0. The van der Waals surface area contributed by atoms with E-state index in [1.165, 1.54) is 4.90 Å². The highest BCUT2D eigenvalue weighted by Crippen LogP contribution is 2.65. The molecular weight excluding hydrogens is 536 g/mol. The highest BCUT2D eigenvalue weighted by Gasteiger charge is 2.70. The van der Waals surface area contributed by atoms with Gasteiger partial charge in [-0.3, -0.25) is 19.2 Å². The van der Waals surface area contributed by atoms with E-state index in [2.05, 4.69) is 29.8 Å². The zero-order valence-electron chi connectivity index (χ0n) is 26.5. The molecule has 2 aliphatic rings. The first-order valence-corrected chi connectivity index (χ1v) is 14.8. The Kier molecular flexibility index (Phi) is 9.79. The van der Waals surface area contributed by atoms with E-state index in [9.17, 15) is 24.0 Å². The van der Waals surface area contributed by atoms with Crippen LogP contribution in [0.4, 0.5) is 4.79 Å². The molecule has 42 heavy (non-hydrogen) atoms. The minimum Gasteiger partial charge on any atom is -0.444 e. The van der Waals surface area contributed by atoms with E-state index in [0.717, 1.165) is 5.56 Å². The molecule has 1 saturated carbocycles. The van der Waals surface area contributed by atoms with Gasteiger partial charge in [0.2, 0.25) is 17.6 Å². The Bertz CT molecular complexity index is 1180. The lowest BCUT2D eigenvalue weighted by Crippen LogP contribution is -2.60. The van der Waals surface area contributed by atoms with Gasteiger partial charge in [-0.1, -0.05) is 78.3 Å². The minimum absolute atomic E-state index is 0.104. The molecule has 1 heterocycles. The summed E-state index contributed by atoms with van der Waals surface area (Å²) in [5.41, 5.74) is -0.725. The van der Waals surface area contributed by atoms with Crippen molar-refractivity contribution < 1.29 is 28.7 Å². The number of nitrogens with zero attached hydrogens (tertiary/aromatic N) is 1. The molecule has 1 unspecified atom stereocenters. The Morgan fingerprint density at radius 3 is 2.17 bits per heavy atom.